The Kier molecular flexibility index (Phi) is 10.7. The number of nitrogens with one attached hydrogen (secondary N) is 1. The number of hydrogen-bond donors (Lipinski definition) is 1. The summed E-state index contributed by atoms with van der Waals surface area (Å²) in [6.07, 6.45) is 0.138. The second kappa shape index (κ2) is 13.5. The van der Waals surface area contributed by atoms with Gasteiger partial charge in [0, 0.05) is 69.6 Å². The minimum atomic E-state index is -0.871. The molecule has 2 saturated heterocycles. The molecular weight excluding hydrogens is 569 g/mol. The Morgan fingerprint density at radius 1 is 0.976 bits per heavy atom. The average Bonchev–Trinajstić information content (AvgIpc) is 3.33. The van der Waals surface area contributed by atoms with Crippen LogP contribution in [0.1, 0.15) is 51.7 Å². The molecule has 0 saturated carbocycles. The molecule has 2 aromatic carbocycles. The van der Waals surface area contributed by atoms with Crippen LogP contribution in [0, 0.1) is 23.4 Å². The van der Waals surface area contributed by atoms with Gasteiger partial charge in [0.15, 0.2) is 0 Å². The fourth-order valence-electron chi connectivity index (χ4n) is 5.98. The van der Waals surface area contributed by atoms with Crippen LogP contribution in [0.2, 0.25) is 0 Å². The lowest BCUT2D eigenvalue weighted by atomic mass is 9.87. The van der Waals surface area contributed by atoms with Gasteiger partial charge in [-0.3, -0.25) is 19.3 Å². The SMILES string of the molecule is CC(=O)N[C@@H](Cc1cccc(F)c1)C(=O)N1CCN(C(=O)[C@@H]2CN(C(C)(C)C)C[C@H]2c2ccc(F)cc2F)[C@@H](C)C1.Cl. The quantitative estimate of drug-likeness (QED) is 0.535. The second-order valence-electron chi connectivity index (χ2n) is 12.2. The molecule has 42 heavy (non-hydrogen) atoms. The van der Waals surface area contributed by atoms with E-state index in [-0.39, 0.29) is 67.8 Å². The van der Waals surface area contributed by atoms with Gasteiger partial charge in [-0.25, -0.2) is 13.2 Å². The van der Waals surface area contributed by atoms with Gasteiger partial charge in [-0.15, -0.1) is 12.4 Å². The molecule has 2 fully saturated rings. The number of hydrogen-bond acceptors (Lipinski definition) is 4. The number of likely N-dealkylation sites (tertiary alicyclic amines) is 1. The molecule has 0 spiro atoms. The Balaban J connectivity index is 0.00000484. The molecule has 1 N–H and O–H groups in total. The highest BCUT2D eigenvalue weighted by Crippen LogP contribution is 2.39. The van der Waals surface area contributed by atoms with Crippen LogP contribution < -0.4 is 5.32 Å². The van der Waals surface area contributed by atoms with Gasteiger partial charge in [0.1, 0.15) is 23.5 Å². The predicted octanol–water partition coefficient (Wildman–Crippen LogP) is 4.15. The monoisotopic (exact) mass is 608 g/mol. The maximum atomic E-state index is 14.9. The molecule has 4 atom stereocenters. The zero-order chi connectivity index (χ0) is 30.1. The third-order valence-electron chi connectivity index (χ3n) is 8.17. The summed E-state index contributed by atoms with van der Waals surface area (Å²) in [5.41, 5.74) is 0.664. The van der Waals surface area contributed by atoms with Gasteiger partial charge in [-0.1, -0.05) is 18.2 Å². The van der Waals surface area contributed by atoms with Crippen molar-refractivity contribution in [2.45, 2.75) is 64.6 Å². The van der Waals surface area contributed by atoms with E-state index in [1.165, 1.54) is 31.2 Å². The van der Waals surface area contributed by atoms with Crippen molar-refractivity contribution < 1.29 is 27.6 Å². The van der Waals surface area contributed by atoms with Crippen molar-refractivity contribution in [2.24, 2.45) is 5.92 Å². The molecule has 4 rings (SSSR count). The normalized spacial score (nSPS) is 22.0. The predicted molar refractivity (Wildman–Crippen MR) is 157 cm³/mol. The Bertz CT molecular complexity index is 1300. The number of nitrogens with zero attached hydrogens (tertiary/aromatic N) is 3. The first-order chi connectivity index (χ1) is 19.2. The first-order valence-corrected chi connectivity index (χ1v) is 14.1. The maximum absolute atomic E-state index is 14.9. The lowest BCUT2D eigenvalue weighted by Gasteiger charge is -2.42. The molecule has 2 aliphatic heterocycles. The van der Waals surface area contributed by atoms with Gasteiger partial charge in [-0.05, 0) is 57.0 Å². The molecule has 230 valence electrons. The summed E-state index contributed by atoms with van der Waals surface area (Å²) in [5, 5.41) is 2.69. The standard InChI is InChI=1S/C31H39F3N4O3.ClH/c1-19-16-36(30(41)28(35-20(2)39)14-21-7-6-8-22(32)13-21)11-12-38(19)29(40)26-18-37(31(3,4)5)17-25(26)24-10-9-23(33)15-27(24)34;/h6-10,13,15,19,25-26,28H,11-12,14,16-18H2,1-5H3,(H,35,39);1H/t19-,25-,26+,28-;/m0./s1. The van der Waals surface area contributed by atoms with Gasteiger partial charge in [-0.2, -0.15) is 0 Å². The smallest absolute Gasteiger partial charge is 0.245 e. The van der Waals surface area contributed by atoms with Crippen LogP contribution in [0.15, 0.2) is 42.5 Å². The number of amides is 3. The van der Waals surface area contributed by atoms with E-state index < -0.39 is 35.3 Å². The van der Waals surface area contributed by atoms with E-state index in [1.807, 2.05) is 27.7 Å². The van der Waals surface area contributed by atoms with E-state index >= 15 is 0 Å². The molecular formula is C31H40ClF3N4O3. The average molecular weight is 609 g/mol. The third kappa shape index (κ3) is 7.64. The van der Waals surface area contributed by atoms with Gasteiger partial charge in [0.05, 0.1) is 5.92 Å². The largest absolute Gasteiger partial charge is 0.344 e. The molecule has 0 aliphatic carbocycles. The molecule has 0 unspecified atom stereocenters. The minimum Gasteiger partial charge on any atom is -0.344 e. The Labute approximate surface area is 251 Å². The number of carbonyl (C=O) groups excluding carboxylic acids is 3. The lowest BCUT2D eigenvalue weighted by molar-refractivity contribution is -0.146. The highest BCUT2D eigenvalue weighted by Gasteiger charge is 2.46. The zero-order valence-electron chi connectivity index (χ0n) is 24.7. The van der Waals surface area contributed by atoms with Crippen molar-refractivity contribution in [2.75, 3.05) is 32.7 Å². The minimum absolute atomic E-state index is 0. The highest BCUT2D eigenvalue weighted by atomic mass is 35.5. The van der Waals surface area contributed by atoms with Crippen molar-refractivity contribution in [1.29, 1.82) is 0 Å². The number of halogens is 4. The third-order valence-corrected chi connectivity index (χ3v) is 8.17. The molecule has 2 aliphatic rings. The molecule has 11 heteroatoms. The highest BCUT2D eigenvalue weighted by molar-refractivity contribution is 5.88. The van der Waals surface area contributed by atoms with Crippen molar-refractivity contribution in [1.82, 2.24) is 20.0 Å². The Morgan fingerprint density at radius 3 is 2.26 bits per heavy atom. The molecule has 0 bridgehead atoms. The Morgan fingerprint density at radius 2 is 1.67 bits per heavy atom. The van der Waals surface area contributed by atoms with Crippen LogP contribution in [0.5, 0.6) is 0 Å². The second-order valence-corrected chi connectivity index (χ2v) is 12.2. The first-order valence-electron chi connectivity index (χ1n) is 14.1. The molecule has 2 heterocycles. The summed E-state index contributed by atoms with van der Waals surface area (Å²) >= 11 is 0. The van der Waals surface area contributed by atoms with Crippen LogP contribution >= 0.6 is 12.4 Å². The van der Waals surface area contributed by atoms with Crippen LogP contribution in [-0.4, -0.2) is 82.8 Å². The van der Waals surface area contributed by atoms with Crippen LogP contribution in [-0.2, 0) is 20.8 Å². The number of rotatable bonds is 6. The topological polar surface area (TPSA) is 73.0 Å². The molecule has 0 aromatic heterocycles. The van der Waals surface area contributed by atoms with Crippen LogP contribution in [0.25, 0.3) is 0 Å². The Hall–Kier alpha value is -3.11. The first kappa shape index (κ1) is 33.4. The van der Waals surface area contributed by atoms with E-state index in [2.05, 4.69) is 10.2 Å². The molecule has 7 nitrogen and oxygen atoms in total. The van der Waals surface area contributed by atoms with Crippen LogP contribution in [0.3, 0.4) is 0 Å². The summed E-state index contributed by atoms with van der Waals surface area (Å²) < 4.78 is 42.3. The van der Waals surface area contributed by atoms with Crippen molar-refractivity contribution >= 4 is 30.1 Å². The molecule has 3 amide bonds. The number of benzene rings is 2. The maximum Gasteiger partial charge on any atom is 0.245 e. The summed E-state index contributed by atoms with van der Waals surface area (Å²) in [7, 11) is 0. The van der Waals surface area contributed by atoms with Crippen LogP contribution in [0.4, 0.5) is 13.2 Å². The zero-order valence-corrected chi connectivity index (χ0v) is 25.5. The fraction of sp³-hybridized carbons (Fsp3) is 0.516. The van der Waals surface area contributed by atoms with E-state index in [4.69, 9.17) is 0 Å². The van der Waals surface area contributed by atoms with Gasteiger partial charge >= 0.3 is 0 Å². The van der Waals surface area contributed by atoms with Crippen molar-refractivity contribution in [3.8, 4) is 0 Å². The summed E-state index contributed by atoms with van der Waals surface area (Å²) in [5.74, 6) is -3.50. The molecule has 0 radical (unpaired) electrons. The van der Waals surface area contributed by atoms with Gasteiger partial charge in [0.2, 0.25) is 17.7 Å². The van der Waals surface area contributed by atoms with Gasteiger partial charge in [0.25, 0.3) is 0 Å². The lowest BCUT2D eigenvalue weighted by Crippen LogP contribution is -2.60. The van der Waals surface area contributed by atoms with E-state index in [9.17, 15) is 27.6 Å². The molecule has 2 aromatic rings. The fourth-order valence-corrected chi connectivity index (χ4v) is 5.98. The van der Waals surface area contributed by atoms with E-state index in [0.717, 1.165) is 6.07 Å². The summed E-state index contributed by atoms with van der Waals surface area (Å²) in [4.78, 5) is 44.9. The number of piperazine rings is 1. The van der Waals surface area contributed by atoms with E-state index in [0.29, 0.717) is 24.2 Å². The number of carbonyl (C=O) groups is 3. The van der Waals surface area contributed by atoms with Crippen molar-refractivity contribution in [3.63, 3.8) is 0 Å². The summed E-state index contributed by atoms with van der Waals surface area (Å²) in [6.45, 7) is 11.0. The van der Waals surface area contributed by atoms with E-state index in [1.54, 1.807) is 21.9 Å². The summed E-state index contributed by atoms with van der Waals surface area (Å²) in [6, 6.07) is 8.23. The van der Waals surface area contributed by atoms with Crippen molar-refractivity contribution in [3.05, 3.63) is 71.0 Å². The van der Waals surface area contributed by atoms with Gasteiger partial charge < -0.3 is 15.1 Å².